The molecule has 0 radical (unpaired) electrons. The minimum absolute atomic E-state index is 0.0438. The molecule has 1 aliphatic heterocycles. The van der Waals surface area contributed by atoms with Crippen LogP contribution in [0.4, 0.5) is 8.78 Å². The van der Waals surface area contributed by atoms with Gasteiger partial charge in [-0.25, -0.2) is 22.2 Å². The highest BCUT2D eigenvalue weighted by Crippen LogP contribution is 2.28. The lowest BCUT2D eigenvalue weighted by molar-refractivity contribution is 0.294. The molecule has 1 aliphatic rings. The number of aromatic nitrogens is 2. The van der Waals surface area contributed by atoms with E-state index in [9.17, 15) is 17.2 Å². The molecule has 0 spiro atoms. The molecule has 2 atom stereocenters. The summed E-state index contributed by atoms with van der Waals surface area (Å²) >= 11 is 0. The van der Waals surface area contributed by atoms with Crippen molar-refractivity contribution in [2.75, 3.05) is 12.0 Å². The third-order valence-electron chi connectivity index (χ3n) is 4.51. The largest absolute Gasteiger partial charge is 0.365 e. The molecule has 0 aromatic carbocycles. The van der Waals surface area contributed by atoms with E-state index in [2.05, 4.69) is 25.6 Å². The first-order chi connectivity index (χ1) is 12.9. The van der Waals surface area contributed by atoms with Crippen LogP contribution >= 0.6 is 0 Å². The van der Waals surface area contributed by atoms with Gasteiger partial charge in [0.2, 0.25) is 0 Å². The normalized spacial score (nSPS) is 19.0. The van der Waals surface area contributed by atoms with Crippen LogP contribution < -0.4 is 10.6 Å². The van der Waals surface area contributed by atoms with Crippen LogP contribution in [0.25, 0.3) is 11.0 Å². The van der Waals surface area contributed by atoms with E-state index >= 15 is 0 Å². The molecule has 3 rings (SSSR count). The number of aliphatic imine (C=N–C) groups is 1. The monoisotopic (exact) mass is 411 g/mol. The summed E-state index contributed by atoms with van der Waals surface area (Å²) in [5.41, 5.74) is 0.638. The molecule has 10 heteroatoms. The van der Waals surface area contributed by atoms with Gasteiger partial charge in [0.25, 0.3) is 0 Å². The molecule has 3 N–H and O–H groups in total. The Hall–Kier alpha value is -2.49. The zero-order chi connectivity index (χ0) is 20.7. The van der Waals surface area contributed by atoms with Gasteiger partial charge in [-0.1, -0.05) is 20.8 Å². The molecule has 0 saturated heterocycles. The Morgan fingerprint density at radius 2 is 2.04 bits per heavy atom. The minimum atomic E-state index is -3.29. The molecule has 0 saturated carbocycles. The molecular formula is C18H23F2N5O2S. The summed E-state index contributed by atoms with van der Waals surface area (Å²) in [5.74, 6) is -1.24. The SMILES string of the molecule is CC(C)(C)[C@@H](CS(C)(=O)=O)NC1=C(F)C=NC(c2c[nH]c3ncc(F)cc23)N1. The quantitative estimate of drug-likeness (QED) is 0.702. The number of fused-ring (bicyclic) bond motifs is 1. The second-order valence-electron chi connectivity index (χ2n) is 8.00. The van der Waals surface area contributed by atoms with Crippen LogP contribution in [0.3, 0.4) is 0 Å². The number of nitrogens with zero attached hydrogens (tertiary/aromatic N) is 2. The summed E-state index contributed by atoms with van der Waals surface area (Å²) in [6, 6.07) is 0.791. The maximum atomic E-state index is 14.4. The molecule has 0 aliphatic carbocycles. The van der Waals surface area contributed by atoms with Crippen LogP contribution in [0, 0.1) is 11.2 Å². The number of rotatable bonds is 5. The number of nitrogens with one attached hydrogen (secondary N) is 3. The first-order valence-electron chi connectivity index (χ1n) is 8.70. The van der Waals surface area contributed by atoms with Gasteiger partial charge in [-0.15, -0.1) is 0 Å². The number of allylic oxidation sites excluding steroid dienone is 1. The van der Waals surface area contributed by atoms with Crippen LogP contribution in [0.5, 0.6) is 0 Å². The summed E-state index contributed by atoms with van der Waals surface area (Å²) in [7, 11) is -3.29. The number of hydrogen-bond donors (Lipinski definition) is 3. The van der Waals surface area contributed by atoms with Crippen molar-refractivity contribution in [3.63, 3.8) is 0 Å². The van der Waals surface area contributed by atoms with E-state index in [0.717, 1.165) is 18.7 Å². The highest BCUT2D eigenvalue weighted by molar-refractivity contribution is 7.90. The van der Waals surface area contributed by atoms with Gasteiger partial charge in [0.15, 0.2) is 5.83 Å². The minimum Gasteiger partial charge on any atom is -0.365 e. The van der Waals surface area contributed by atoms with E-state index in [4.69, 9.17) is 0 Å². The molecule has 0 fully saturated rings. The summed E-state index contributed by atoms with van der Waals surface area (Å²) in [6.07, 6.45) is 4.26. The van der Waals surface area contributed by atoms with Gasteiger partial charge in [0, 0.05) is 29.4 Å². The zero-order valence-corrected chi connectivity index (χ0v) is 16.9. The third-order valence-corrected chi connectivity index (χ3v) is 5.45. The molecule has 7 nitrogen and oxygen atoms in total. The fourth-order valence-corrected chi connectivity index (χ4v) is 4.11. The number of H-pyrrole nitrogens is 1. The van der Waals surface area contributed by atoms with E-state index in [1.807, 2.05) is 20.8 Å². The number of aromatic amines is 1. The van der Waals surface area contributed by atoms with Crippen molar-refractivity contribution < 1.29 is 17.2 Å². The Morgan fingerprint density at radius 1 is 1.32 bits per heavy atom. The predicted octanol–water partition coefficient (Wildman–Crippen LogP) is 2.56. The van der Waals surface area contributed by atoms with Crippen molar-refractivity contribution in [1.82, 2.24) is 20.6 Å². The standard InChI is InChI=1S/C18H23F2N5O2S/c1-18(2,3)14(9-28(4,26)27)24-17-13(20)8-23-16(25-17)12-7-22-15-11(12)5-10(19)6-21-15/h5-8,14,16,24-25H,9H2,1-4H3,(H,21,22)/t14-,16?/m1/s1. The number of hydrogen-bond acceptors (Lipinski definition) is 6. The lowest BCUT2D eigenvalue weighted by Crippen LogP contribution is -2.48. The molecule has 152 valence electrons. The van der Waals surface area contributed by atoms with Gasteiger partial charge in [0.05, 0.1) is 18.2 Å². The molecule has 1 unspecified atom stereocenters. The number of sulfone groups is 1. The fourth-order valence-electron chi connectivity index (χ4n) is 2.93. The van der Waals surface area contributed by atoms with Gasteiger partial charge in [-0.05, 0) is 11.5 Å². The third kappa shape index (κ3) is 4.49. The smallest absolute Gasteiger partial charge is 0.180 e. The number of pyridine rings is 1. The van der Waals surface area contributed by atoms with E-state index < -0.39 is 39.1 Å². The summed E-state index contributed by atoms with van der Waals surface area (Å²) < 4.78 is 51.6. The van der Waals surface area contributed by atoms with Gasteiger partial charge in [-0.3, -0.25) is 4.99 Å². The molecule has 0 amide bonds. The van der Waals surface area contributed by atoms with Crippen molar-refractivity contribution in [3.8, 4) is 0 Å². The lowest BCUT2D eigenvalue weighted by atomic mass is 9.88. The maximum Gasteiger partial charge on any atom is 0.180 e. The van der Waals surface area contributed by atoms with Crippen molar-refractivity contribution in [2.24, 2.45) is 10.4 Å². The van der Waals surface area contributed by atoms with E-state index in [-0.39, 0.29) is 11.6 Å². The zero-order valence-electron chi connectivity index (χ0n) is 16.0. The van der Waals surface area contributed by atoms with Crippen LogP contribution in [-0.2, 0) is 9.84 Å². The summed E-state index contributed by atoms with van der Waals surface area (Å²) in [5, 5.41) is 6.44. The summed E-state index contributed by atoms with van der Waals surface area (Å²) in [4.78, 5) is 11.0. The first kappa shape index (κ1) is 20.2. The van der Waals surface area contributed by atoms with Crippen molar-refractivity contribution in [2.45, 2.75) is 33.0 Å². The Bertz CT molecular complexity index is 1050. The maximum absolute atomic E-state index is 14.4. The molecule has 0 bridgehead atoms. The van der Waals surface area contributed by atoms with Gasteiger partial charge >= 0.3 is 0 Å². The van der Waals surface area contributed by atoms with Crippen LogP contribution in [0.15, 0.2) is 35.1 Å². The Kier molecular flexibility index (Phi) is 5.18. The molecule has 2 aromatic heterocycles. The second kappa shape index (κ2) is 7.16. The predicted molar refractivity (Wildman–Crippen MR) is 105 cm³/mol. The molecule has 2 aromatic rings. The van der Waals surface area contributed by atoms with Gasteiger partial charge < -0.3 is 15.6 Å². The van der Waals surface area contributed by atoms with Crippen LogP contribution in [-0.4, -0.2) is 42.7 Å². The van der Waals surface area contributed by atoms with Crippen LogP contribution in [0.2, 0.25) is 0 Å². The van der Waals surface area contributed by atoms with Gasteiger partial charge in [-0.2, -0.15) is 0 Å². The Morgan fingerprint density at radius 3 is 2.68 bits per heavy atom. The van der Waals surface area contributed by atoms with Crippen LogP contribution in [0.1, 0.15) is 32.5 Å². The fraction of sp³-hybridized carbons (Fsp3) is 0.444. The molecule has 3 heterocycles. The van der Waals surface area contributed by atoms with E-state index in [0.29, 0.717) is 16.6 Å². The van der Waals surface area contributed by atoms with E-state index in [1.165, 1.54) is 6.07 Å². The van der Waals surface area contributed by atoms with Crippen molar-refractivity contribution >= 4 is 27.1 Å². The molecule has 28 heavy (non-hydrogen) atoms. The average Bonchev–Trinajstić information content (AvgIpc) is 2.97. The van der Waals surface area contributed by atoms with E-state index in [1.54, 1.807) is 6.20 Å². The highest BCUT2D eigenvalue weighted by Gasteiger charge is 2.31. The molecular weight excluding hydrogens is 388 g/mol. The number of halogens is 2. The second-order valence-corrected chi connectivity index (χ2v) is 10.2. The lowest BCUT2D eigenvalue weighted by Gasteiger charge is -2.34. The first-order valence-corrected chi connectivity index (χ1v) is 10.8. The highest BCUT2D eigenvalue weighted by atomic mass is 32.2. The summed E-state index contributed by atoms with van der Waals surface area (Å²) in [6.45, 7) is 5.62. The topological polar surface area (TPSA) is 99.2 Å². The Labute approximate surface area is 162 Å². The van der Waals surface area contributed by atoms with Crippen molar-refractivity contribution in [3.05, 3.63) is 41.5 Å². The average molecular weight is 411 g/mol. The Balaban J connectivity index is 1.88. The van der Waals surface area contributed by atoms with Gasteiger partial charge in [0.1, 0.15) is 33.3 Å². The van der Waals surface area contributed by atoms with Crippen molar-refractivity contribution in [1.29, 1.82) is 0 Å².